The van der Waals surface area contributed by atoms with E-state index in [9.17, 15) is 28.8 Å². The Bertz CT molecular complexity index is 1390. The maximum absolute atomic E-state index is 14.1. The van der Waals surface area contributed by atoms with Gasteiger partial charge in [0.1, 0.15) is 17.0 Å². The molecule has 0 radical (unpaired) electrons. The molecule has 0 saturated carbocycles. The molecule has 0 aliphatic heterocycles. The molecule has 1 aromatic heterocycles. The standard InChI is InChI=1S/C32H43IN4O9S2/c1-20-34-16-26(48-20)31(43)37-25(18-45-5)30(42)36-24(17-44-4)29(41)35-23(15-22-11-7-6-8-12-22)28(40)32(3,19-33)46-27(39)13-9-10-14-47-21(2)38/h6-8,11-12,16,23-25H,9-10,13-15,17-19H2,1-5H3,(H,35,41)(H,36,42)(H,37,43)/t23?,24-,25-,32+/m0/s1. The number of methoxy groups -OCH3 is 2. The summed E-state index contributed by atoms with van der Waals surface area (Å²) in [7, 11) is 2.72. The molecule has 13 nitrogen and oxygen atoms in total. The predicted molar refractivity (Wildman–Crippen MR) is 191 cm³/mol. The van der Waals surface area contributed by atoms with Crippen LogP contribution in [0.1, 0.15) is 53.4 Å². The number of thiazole rings is 1. The Morgan fingerprint density at radius 1 is 0.938 bits per heavy atom. The van der Waals surface area contributed by atoms with Crippen LogP contribution in [0.4, 0.5) is 0 Å². The fourth-order valence-corrected chi connectivity index (χ4v) is 6.25. The number of nitrogens with zero attached hydrogens (tertiary/aromatic N) is 1. The van der Waals surface area contributed by atoms with Crippen molar-refractivity contribution in [3.63, 3.8) is 0 Å². The van der Waals surface area contributed by atoms with Gasteiger partial charge in [0, 0.05) is 37.7 Å². The molecule has 264 valence electrons. The Hall–Kier alpha value is -2.93. The fraction of sp³-hybridized carbons (Fsp3) is 0.531. The molecule has 1 heterocycles. The third-order valence-electron chi connectivity index (χ3n) is 6.88. The maximum atomic E-state index is 14.1. The van der Waals surface area contributed by atoms with E-state index in [1.165, 1.54) is 46.0 Å². The van der Waals surface area contributed by atoms with Gasteiger partial charge in [0.2, 0.25) is 11.8 Å². The van der Waals surface area contributed by atoms with Crippen molar-refractivity contribution in [1.82, 2.24) is 20.9 Å². The average molecular weight is 819 g/mol. The van der Waals surface area contributed by atoms with Gasteiger partial charge in [0.15, 0.2) is 16.5 Å². The third kappa shape index (κ3) is 13.9. The number of alkyl halides is 1. The second kappa shape index (κ2) is 21.2. The first-order valence-electron chi connectivity index (χ1n) is 15.1. The van der Waals surface area contributed by atoms with Crippen LogP contribution in [0.5, 0.6) is 0 Å². The topological polar surface area (TPSA) is 179 Å². The molecular formula is C32H43IN4O9S2. The van der Waals surface area contributed by atoms with E-state index >= 15 is 0 Å². The van der Waals surface area contributed by atoms with Gasteiger partial charge in [-0.3, -0.25) is 28.8 Å². The second-order valence-electron chi connectivity index (χ2n) is 11.0. The Kier molecular flexibility index (Phi) is 18.2. The summed E-state index contributed by atoms with van der Waals surface area (Å²) in [5.74, 6) is -2.46. The molecule has 0 spiro atoms. The number of benzene rings is 1. The van der Waals surface area contributed by atoms with E-state index in [2.05, 4.69) is 20.9 Å². The normalized spacial score (nSPS) is 14.1. The number of ketones is 1. The lowest BCUT2D eigenvalue weighted by Crippen LogP contribution is -2.60. The van der Waals surface area contributed by atoms with Crippen LogP contribution in [-0.4, -0.2) is 101 Å². The molecule has 1 aromatic carbocycles. The summed E-state index contributed by atoms with van der Waals surface area (Å²) >= 11 is 4.31. The quantitative estimate of drug-likeness (QED) is 0.0731. The molecule has 0 aliphatic carbocycles. The molecule has 0 saturated heterocycles. The van der Waals surface area contributed by atoms with E-state index in [1.54, 1.807) is 31.2 Å². The molecular weight excluding hydrogens is 775 g/mol. The minimum atomic E-state index is -1.57. The average Bonchev–Trinajstić information content (AvgIpc) is 3.49. The lowest BCUT2D eigenvalue weighted by molar-refractivity contribution is -0.164. The van der Waals surface area contributed by atoms with E-state index in [4.69, 9.17) is 14.2 Å². The molecule has 48 heavy (non-hydrogen) atoms. The molecule has 2 aromatic rings. The second-order valence-corrected chi connectivity index (χ2v) is 14.3. The van der Waals surface area contributed by atoms with Crippen LogP contribution in [-0.2, 0) is 44.6 Å². The monoisotopic (exact) mass is 818 g/mol. The van der Waals surface area contributed by atoms with Crippen molar-refractivity contribution in [3.05, 3.63) is 52.0 Å². The van der Waals surface area contributed by atoms with Crippen LogP contribution in [0, 0.1) is 6.92 Å². The summed E-state index contributed by atoms with van der Waals surface area (Å²) in [5, 5.41) is 8.62. The van der Waals surface area contributed by atoms with E-state index < -0.39 is 53.2 Å². The number of halogens is 1. The number of carbonyl (C=O) groups is 6. The van der Waals surface area contributed by atoms with Crippen molar-refractivity contribution in [2.24, 2.45) is 0 Å². The molecule has 3 N–H and O–H groups in total. The zero-order valence-corrected chi connectivity index (χ0v) is 31.5. The SMILES string of the molecule is COC[C@H](NC(=O)c1cnc(C)s1)C(=O)N[C@@H](COC)C(=O)NC(Cc1ccccc1)C(=O)[C@@](C)(CI)OC(=O)CCCCSC(C)=O. The van der Waals surface area contributed by atoms with Gasteiger partial charge in [-0.25, -0.2) is 4.98 Å². The maximum Gasteiger partial charge on any atom is 0.306 e. The smallest absolute Gasteiger partial charge is 0.306 e. The molecule has 1 unspecified atom stereocenters. The van der Waals surface area contributed by atoms with Gasteiger partial charge in [0.05, 0.1) is 30.5 Å². The van der Waals surface area contributed by atoms with Crippen LogP contribution < -0.4 is 16.0 Å². The largest absolute Gasteiger partial charge is 0.450 e. The number of nitrogens with one attached hydrogen (secondary N) is 3. The van der Waals surface area contributed by atoms with Gasteiger partial charge >= 0.3 is 5.97 Å². The molecule has 16 heteroatoms. The van der Waals surface area contributed by atoms with E-state index in [1.807, 2.05) is 28.7 Å². The molecule has 0 fully saturated rings. The first kappa shape index (κ1) is 41.2. The lowest BCUT2D eigenvalue weighted by atomic mass is 9.91. The van der Waals surface area contributed by atoms with Crippen molar-refractivity contribution in [3.8, 4) is 0 Å². The van der Waals surface area contributed by atoms with Crippen LogP contribution in [0.15, 0.2) is 36.5 Å². The van der Waals surface area contributed by atoms with Crippen LogP contribution in [0.2, 0.25) is 0 Å². The first-order chi connectivity index (χ1) is 22.8. The van der Waals surface area contributed by atoms with Gasteiger partial charge in [-0.15, -0.1) is 11.3 Å². The number of hydrogen-bond acceptors (Lipinski definition) is 12. The van der Waals surface area contributed by atoms with Crippen LogP contribution in [0.25, 0.3) is 0 Å². The number of carbonyl (C=O) groups excluding carboxylic acids is 6. The summed E-state index contributed by atoms with van der Waals surface area (Å²) in [6.45, 7) is 4.31. The highest BCUT2D eigenvalue weighted by atomic mass is 127. The zero-order valence-electron chi connectivity index (χ0n) is 27.7. The minimum absolute atomic E-state index is 0.00279. The zero-order chi connectivity index (χ0) is 35.7. The Morgan fingerprint density at radius 3 is 2.08 bits per heavy atom. The van der Waals surface area contributed by atoms with E-state index in [-0.39, 0.29) is 35.6 Å². The number of amides is 3. The summed E-state index contributed by atoms with van der Waals surface area (Å²) in [6, 6.07) is 5.48. The third-order valence-corrected chi connectivity index (χ3v) is 10.1. The highest BCUT2D eigenvalue weighted by Gasteiger charge is 2.42. The number of esters is 1. The summed E-state index contributed by atoms with van der Waals surface area (Å²) in [4.78, 5) is 82.0. The van der Waals surface area contributed by atoms with Crippen LogP contribution in [0.3, 0.4) is 0 Å². The van der Waals surface area contributed by atoms with Gasteiger partial charge in [-0.2, -0.15) is 0 Å². The number of ether oxygens (including phenoxy) is 3. The number of Topliss-reactive ketones (excluding diaryl/α,β-unsaturated/α-hetero) is 1. The molecule has 4 atom stereocenters. The minimum Gasteiger partial charge on any atom is -0.450 e. The van der Waals surface area contributed by atoms with Crippen LogP contribution >= 0.6 is 45.7 Å². The number of aryl methyl sites for hydroxylation is 1. The first-order valence-corrected chi connectivity index (χ1v) is 18.5. The Balaban J connectivity index is 2.22. The summed E-state index contributed by atoms with van der Waals surface area (Å²) in [5.41, 5.74) is -0.823. The van der Waals surface area contributed by atoms with Gasteiger partial charge < -0.3 is 30.2 Å². The van der Waals surface area contributed by atoms with E-state index in [0.29, 0.717) is 28.5 Å². The molecule has 2 rings (SSSR count). The van der Waals surface area contributed by atoms with Crippen molar-refractivity contribution in [1.29, 1.82) is 0 Å². The molecule has 3 amide bonds. The van der Waals surface area contributed by atoms with Crippen molar-refractivity contribution < 1.29 is 43.0 Å². The number of unbranched alkanes of at least 4 members (excludes halogenated alkanes) is 1. The van der Waals surface area contributed by atoms with Crippen molar-refractivity contribution >= 4 is 80.3 Å². The highest BCUT2D eigenvalue weighted by Crippen LogP contribution is 2.22. The summed E-state index contributed by atoms with van der Waals surface area (Å²) < 4.78 is 16.2. The van der Waals surface area contributed by atoms with Gasteiger partial charge in [0.25, 0.3) is 5.91 Å². The number of hydrogen-bond donors (Lipinski definition) is 3. The van der Waals surface area contributed by atoms with Gasteiger partial charge in [-0.1, -0.05) is 64.7 Å². The molecule has 0 bridgehead atoms. The Morgan fingerprint density at radius 2 is 1.54 bits per heavy atom. The van der Waals surface area contributed by atoms with Crippen molar-refractivity contribution in [2.75, 3.05) is 37.6 Å². The van der Waals surface area contributed by atoms with E-state index in [0.717, 1.165) is 16.9 Å². The summed E-state index contributed by atoms with van der Waals surface area (Å²) in [6.07, 6.45) is 2.67. The highest BCUT2D eigenvalue weighted by molar-refractivity contribution is 14.1. The van der Waals surface area contributed by atoms with Gasteiger partial charge in [-0.05, 0) is 38.7 Å². The number of rotatable bonds is 21. The predicted octanol–water partition coefficient (Wildman–Crippen LogP) is 2.81. The fourth-order valence-electron chi connectivity index (χ4n) is 4.40. The lowest BCUT2D eigenvalue weighted by Gasteiger charge is -2.31. The Labute approximate surface area is 302 Å². The molecule has 0 aliphatic rings. The van der Waals surface area contributed by atoms with Crippen molar-refractivity contribution in [2.45, 2.75) is 70.2 Å². The number of aromatic nitrogens is 1. The number of thioether (sulfide) groups is 1.